The van der Waals surface area contributed by atoms with Crippen molar-refractivity contribution in [3.8, 4) is 0 Å². The van der Waals surface area contributed by atoms with E-state index in [1.807, 2.05) is 6.92 Å². The van der Waals surface area contributed by atoms with Crippen molar-refractivity contribution in [1.82, 2.24) is 14.9 Å². The molecule has 19 heavy (non-hydrogen) atoms. The van der Waals surface area contributed by atoms with Crippen LogP contribution in [0.25, 0.3) is 0 Å². The van der Waals surface area contributed by atoms with Crippen LogP contribution < -0.4 is 0 Å². The van der Waals surface area contributed by atoms with Crippen LogP contribution in [0.2, 0.25) is 0 Å². The fourth-order valence-electron chi connectivity index (χ4n) is 2.14. The van der Waals surface area contributed by atoms with E-state index in [9.17, 15) is 9.59 Å². The number of amides is 2. The van der Waals surface area contributed by atoms with Crippen LogP contribution in [0, 0.1) is 6.92 Å². The molecule has 0 fully saturated rings. The number of hydrogen-bond donors (Lipinski definition) is 0. The van der Waals surface area contributed by atoms with E-state index in [2.05, 4.69) is 9.97 Å². The third-order valence-electron chi connectivity index (χ3n) is 3.00. The number of aryl methyl sites for hydroxylation is 1. The van der Waals surface area contributed by atoms with E-state index >= 15 is 0 Å². The first-order chi connectivity index (χ1) is 9.16. The zero-order chi connectivity index (χ0) is 13.4. The van der Waals surface area contributed by atoms with Crippen LogP contribution in [-0.4, -0.2) is 26.7 Å². The van der Waals surface area contributed by atoms with Gasteiger partial charge in [-0.1, -0.05) is 12.1 Å². The lowest BCUT2D eigenvalue weighted by Crippen LogP contribution is -2.29. The van der Waals surface area contributed by atoms with Gasteiger partial charge in [0.1, 0.15) is 0 Å². The van der Waals surface area contributed by atoms with E-state index in [1.165, 1.54) is 4.90 Å². The van der Waals surface area contributed by atoms with Crippen molar-refractivity contribution >= 4 is 11.8 Å². The Morgan fingerprint density at radius 1 is 1.05 bits per heavy atom. The molecule has 5 nitrogen and oxygen atoms in total. The number of hydrogen-bond acceptors (Lipinski definition) is 4. The third-order valence-corrected chi connectivity index (χ3v) is 3.00. The van der Waals surface area contributed by atoms with E-state index < -0.39 is 0 Å². The molecule has 2 amide bonds. The number of carbonyl (C=O) groups is 2. The van der Waals surface area contributed by atoms with Gasteiger partial charge >= 0.3 is 0 Å². The molecule has 0 atom stereocenters. The molecule has 94 valence electrons. The largest absolute Gasteiger partial charge is 0.269 e. The predicted octanol–water partition coefficient (Wildman–Crippen LogP) is 1.58. The third kappa shape index (κ3) is 1.89. The first-order valence-electron chi connectivity index (χ1n) is 5.89. The summed E-state index contributed by atoms with van der Waals surface area (Å²) < 4.78 is 0. The predicted molar refractivity (Wildman–Crippen MR) is 67.4 cm³/mol. The van der Waals surface area contributed by atoms with Gasteiger partial charge in [-0.3, -0.25) is 24.5 Å². The number of benzene rings is 1. The number of fused-ring (bicyclic) bond motifs is 1. The van der Waals surface area contributed by atoms with Crippen molar-refractivity contribution < 1.29 is 9.59 Å². The van der Waals surface area contributed by atoms with Crippen LogP contribution in [0.5, 0.6) is 0 Å². The summed E-state index contributed by atoms with van der Waals surface area (Å²) >= 11 is 0. The van der Waals surface area contributed by atoms with Crippen LogP contribution in [0.4, 0.5) is 0 Å². The molecule has 0 saturated carbocycles. The molecule has 0 unspecified atom stereocenters. The molecule has 3 rings (SSSR count). The van der Waals surface area contributed by atoms with Crippen molar-refractivity contribution in [3.05, 3.63) is 59.2 Å². The second-order valence-electron chi connectivity index (χ2n) is 4.39. The minimum Gasteiger partial charge on any atom is -0.269 e. The minimum absolute atomic E-state index is 0.154. The van der Waals surface area contributed by atoms with Gasteiger partial charge in [-0.25, -0.2) is 0 Å². The average Bonchev–Trinajstić information content (AvgIpc) is 2.65. The topological polar surface area (TPSA) is 63.2 Å². The normalized spacial score (nSPS) is 13.8. The second kappa shape index (κ2) is 4.28. The quantitative estimate of drug-likeness (QED) is 0.762. The van der Waals surface area contributed by atoms with Crippen molar-refractivity contribution in [3.63, 3.8) is 0 Å². The summed E-state index contributed by atoms with van der Waals surface area (Å²) in [4.78, 5) is 33.8. The Hall–Kier alpha value is -2.56. The molecule has 0 saturated heterocycles. The molecule has 1 aromatic carbocycles. The molecule has 2 heterocycles. The van der Waals surface area contributed by atoms with E-state index in [4.69, 9.17) is 0 Å². The molecule has 1 aromatic heterocycles. The van der Waals surface area contributed by atoms with Gasteiger partial charge in [0.05, 0.1) is 35.3 Å². The minimum atomic E-state index is -0.274. The van der Waals surface area contributed by atoms with Gasteiger partial charge in [-0.2, -0.15) is 0 Å². The van der Waals surface area contributed by atoms with E-state index in [0.717, 1.165) is 5.69 Å². The van der Waals surface area contributed by atoms with Gasteiger partial charge in [0.25, 0.3) is 11.8 Å². The molecule has 1 aliphatic rings. The molecule has 0 bridgehead atoms. The summed E-state index contributed by atoms with van der Waals surface area (Å²) in [5.41, 5.74) is 2.27. The van der Waals surface area contributed by atoms with Crippen molar-refractivity contribution in [2.24, 2.45) is 0 Å². The molecule has 0 aliphatic carbocycles. The molecular weight excluding hydrogens is 242 g/mol. The lowest BCUT2D eigenvalue weighted by Gasteiger charge is -2.12. The monoisotopic (exact) mass is 253 g/mol. The molecule has 2 aromatic rings. The maximum Gasteiger partial charge on any atom is 0.261 e. The van der Waals surface area contributed by atoms with Gasteiger partial charge in [-0.05, 0) is 19.1 Å². The van der Waals surface area contributed by atoms with Crippen LogP contribution in [0.15, 0.2) is 36.7 Å². The van der Waals surface area contributed by atoms with Crippen molar-refractivity contribution in [2.75, 3.05) is 0 Å². The maximum absolute atomic E-state index is 12.2. The van der Waals surface area contributed by atoms with Gasteiger partial charge in [-0.15, -0.1) is 0 Å². The summed E-state index contributed by atoms with van der Waals surface area (Å²) in [6, 6.07) is 6.83. The molecule has 0 radical (unpaired) electrons. The zero-order valence-corrected chi connectivity index (χ0v) is 10.3. The number of rotatable bonds is 2. The van der Waals surface area contributed by atoms with Gasteiger partial charge < -0.3 is 0 Å². The Balaban J connectivity index is 1.92. The van der Waals surface area contributed by atoms with Gasteiger partial charge in [0, 0.05) is 6.20 Å². The van der Waals surface area contributed by atoms with Crippen LogP contribution in [0.1, 0.15) is 32.1 Å². The lowest BCUT2D eigenvalue weighted by atomic mass is 10.1. The summed E-state index contributed by atoms with van der Waals surface area (Å²) in [6.45, 7) is 1.97. The summed E-state index contributed by atoms with van der Waals surface area (Å²) in [5, 5.41) is 0. The number of nitrogens with zero attached hydrogens (tertiary/aromatic N) is 3. The van der Waals surface area contributed by atoms with Crippen molar-refractivity contribution in [1.29, 1.82) is 0 Å². The molecule has 0 spiro atoms. The van der Waals surface area contributed by atoms with E-state index in [-0.39, 0.29) is 18.4 Å². The zero-order valence-electron chi connectivity index (χ0n) is 10.3. The molecule has 1 aliphatic heterocycles. The molecular formula is C14H11N3O2. The Bertz CT molecular complexity index is 647. The number of imide groups is 1. The Labute approximate surface area is 109 Å². The molecule has 5 heteroatoms. The second-order valence-corrected chi connectivity index (χ2v) is 4.39. The highest BCUT2D eigenvalue weighted by molar-refractivity contribution is 6.21. The smallest absolute Gasteiger partial charge is 0.261 e. The van der Waals surface area contributed by atoms with Crippen LogP contribution in [0.3, 0.4) is 0 Å². The van der Waals surface area contributed by atoms with Gasteiger partial charge in [0.2, 0.25) is 0 Å². The lowest BCUT2D eigenvalue weighted by molar-refractivity contribution is 0.0640. The highest BCUT2D eigenvalue weighted by Gasteiger charge is 2.35. The Kier molecular flexibility index (Phi) is 2.59. The average molecular weight is 253 g/mol. The highest BCUT2D eigenvalue weighted by Crippen LogP contribution is 2.23. The first-order valence-corrected chi connectivity index (χ1v) is 5.89. The highest BCUT2D eigenvalue weighted by atomic mass is 16.2. The van der Waals surface area contributed by atoms with Gasteiger partial charge in [0.15, 0.2) is 0 Å². The summed E-state index contributed by atoms with van der Waals surface area (Å²) in [5.74, 6) is -0.548. The van der Waals surface area contributed by atoms with Crippen LogP contribution >= 0.6 is 0 Å². The number of aromatic nitrogens is 2. The fourth-order valence-corrected chi connectivity index (χ4v) is 2.14. The van der Waals surface area contributed by atoms with Crippen molar-refractivity contribution in [2.45, 2.75) is 13.5 Å². The summed E-state index contributed by atoms with van der Waals surface area (Å²) in [7, 11) is 0. The Morgan fingerprint density at radius 3 is 2.26 bits per heavy atom. The number of carbonyl (C=O) groups excluding carboxylic acids is 2. The maximum atomic E-state index is 12.2. The Morgan fingerprint density at radius 2 is 1.68 bits per heavy atom. The summed E-state index contributed by atoms with van der Waals surface area (Å²) in [6.07, 6.45) is 3.20. The first kappa shape index (κ1) is 11.5. The van der Waals surface area contributed by atoms with E-state index in [1.54, 1.807) is 36.7 Å². The molecule has 0 N–H and O–H groups in total. The fraction of sp³-hybridized carbons (Fsp3) is 0.143. The van der Waals surface area contributed by atoms with E-state index in [0.29, 0.717) is 16.8 Å². The SMILES string of the molecule is Cc1cncc(CN2C(=O)c3ccccc3C2=O)n1. The van der Waals surface area contributed by atoms with Crippen LogP contribution in [-0.2, 0) is 6.54 Å². The standard InChI is InChI=1S/C14H11N3O2/c1-9-6-15-7-10(16-9)8-17-13(18)11-4-2-3-5-12(11)14(17)19/h2-7H,8H2,1H3.